The van der Waals surface area contributed by atoms with Crippen molar-refractivity contribution in [1.82, 2.24) is 14.8 Å². The van der Waals surface area contributed by atoms with Crippen LogP contribution in [0.2, 0.25) is 5.02 Å². The van der Waals surface area contributed by atoms with Gasteiger partial charge in [-0.2, -0.15) is 0 Å². The van der Waals surface area contributed by atoms with Crippen LogP contribution in [0, 0.1) is 5.82 Å². The minimum Gasteiger partial charge on any atom is -0.408 e. The largest absolute Gasteiger partial charge is 0.417 e. The Morgan fingerprint density at radius 1 is 1.21 bits per heavy atom. The van der Waals surface area contributed by atoms with Crippen molar-refractivity contribution in [3.63, 3.8) is 0 Å². The summed E-state index contributed by atoms with van der Waals surface area (Å²) in [6.07, 6.45) is 1.85. The minimum atomic E-state index is -0.545. The molecule has 10 heteroatoms. The third-order valence-electron chi connectivity index (χ3n) is 6.50. The topological polar surface area (TPSA) is 86.6 Å². The normalized spacial score (nSPS) is 19.9. The maximum absolute atomic E-state index is 14.5. The molecule has 1 atom stereocenters. The molecule has 2 aliphatic rings. The number of rotatable bonds is 6. The lowest BCUT2D eigenvalue weighted by atomic mass is 10.0. The number of hydrogen-bond donors (Lipinski definition) is 1. The number of carbonyl (C=O) groups is 2. The lowest BCUT2D eigenvalue weighted by Gasteiger charge is -2.39. The number of piperidine rings is 1. The van der Waals surface area contributed by atoms with Gasteiger partial charge < -0.3 is 14.2 Å². The first-order valence-corrected chi connectivity index (χ1v) is 12.6. The number of nitrogens with one attached hydrogen (secondary N) is 1. The van der Waals surface area contributed by atoms with Crippen molar-refractivity contribution in [3.05, 3.63) is 68.9 Å². The minimum absolute atomic E-state index is 0.00835. The van der Waals surface area contributed by atoms with Gasteiger partial charge in [0, 0.05) is 48.2 Å². The molecule has 0 saturated carbocycles. The standard InChI is InChI=1S/C24H23ClFN3O4S/c25-16-2-1-3-17(26)22(16)23-29(21(31)13-34-23)15-6-9-28(10-7-15)11-8-19(30)14-4-5-18-20(12-14)33-24(32)27-18/h1-5,12,15,23H,6-11,13H2,(H,27,32). The van der Waals surface area contributed by atoms with Gasteiger partial charge >= 0.3 is 5.76 Å². The van der Waals surface area contributed by atoms with Crippen molar-refractivity contribution >= 4 is 46.2 Å². The highest BCUT2D eigenvalue weighted by Crippen LogP contribution is 2.45. The number of Topliss-reactive ketones (excluding diaryl/α,β-unsaturated/α-hetero) is 1. The molecule has 34 heavy (non-hydrogen) atoms. The molecule has 3 aromatic rings. The number of ketones is 1. The third-order valence-corrected chi connectivity index (χ3v) is 8.02. The summed E-state index contributed by atoms with van der Waals surface area (Å²) in [7, 11) is 0. The molecule has 2 aromatic carbocycles. The van der Waals surface area contributed by atoms with Crippen molar-refractivity contribution in [1.29, 1.82) is 0 Å². The van der Waals surface area contributed by atoms with Gasteiger partial charge in [-0.15, -0.1) is 11.8 Å². The molecule has 3 heterocycles. The Balaban J connectivity index is 1.19. The highest BCUT2D eigenvalue weighted by molar-refractivity contribution is 8.00. The predicted molar refractivity (Wildman–Crippen MR) is 129 cm³/mol. The van der Waals surface area contributed by atoms with Crippen LogP contribution < -0.4 is 5.76 Å². The molecule has 1 unspecified atom stereocenters. The van der Waals surface area contributed by atoms with Crippen LogP contribution in [0.3, 0.4) is 0 Å². The number of oxazole rings is 1. The third kappa shape index (κ3) is 4.52. The molecule has 2 aliphatic heterocycles. The highest BCUT2D eigenvalue weighted by Gasteiger charge is 2.40. The van der Waals surface area contributed by atoms with E-state index in [9.17, 15) is 18.8 Å². The van der Waals surface area contributed by atoms with Crippen LogP contribution in [0.1, 0.15) is 40.6 Å². The van der Waals surface area contributed by atoms with E-state index >= 15 is 0 Å². The monoisotopic (exact) mass is 503 g/mol. The van der Waals surface area contributed by atoms with Crippen LogP contribution in [-0.2, 0) is 4.79 Å². The second-order valence-electron chi connectivity index (χ2n) is 8.57. The van der Waals surface area contributed by atoms with Crippen LogP contribution in [0.5, 0.6) is 0 Å². The van der Waals surface area contributed by atoms with Crippen molar-refractivity contribution in [2.24, 2.45) is 0 Å². The zero-order valence-electron chi connectivity index (χ0n) is 18.3. The van der Waals surface area contributed by atoms with Gasteiger partial charge in [-0.3, -0.25) is 14.6 Å². The molecule has 0 spiro atoms. The van der Waals surface area contributed by atoms with E-state index in [1.165, 1.54) is 17.8 Å². The average molecular weight is 504 g/mol. The molecule has 0 radical (unpaired) electrons. The summed E-state index contributed by atoms with van der Waals surface area (Å²) in [5.74, 6) is -0.632. The number of nitrogens with zero attached hydrogens (tertiary/aromatic N) is 2. The molecule has 2 fully saturated rings. The number of aromatic amines is 1. The van der Waals surface area contributed by atoms with Crippen molar-refractivity contribution in [2.75, 3.05) is 25.4 Å². The van der Waals surface area contributed by atoms with Crippen LogP contribution in [0.15, 0.2) is 45.6 Å². The number of likely N-dealkylation sites (tertiary alicyclic amines) is 1. The summed E-state index contributed by atoms with van der Waals surface area (Å²) in [5, 5.41) is -0.0759. The quantitative estimate of drug-likeness (QED) is 0.507. The Labute approximate surface area is 204 Å². The molecule has 1 aromatic heterocycles. The number of hydrogen-bond acceptors (Lipinski definition) is 6. The fourth-order valence-corrected chi connectivity index (χ4v) is 6.38. The SMILES string of the molecule is O=C(CCN1CCC(N2C(=O)CSC2c2c(F)cccc2Cl)CC1)c1ccc2[nH]c(=O)oc2c1. The predicted octanol–water partition coefficient (Wildman–Crippen LogP) is 4.23. The Morgan fingerprint density at radius 3 is 2.76 bits per heavy atom. The maximum Gasteiger partial charge on any atom is 0.417 e. The Bertz CT molecular complexity index is 1280. The van der Waals surface area contributed by atoms with E-state index in [4.69, 9.17) is 16.0 Å². The zero-order chi connectivity index (χ0) is 23.8. The summed E-state index contributed by atoms with van der Waals surface area (Å²) < 4.78 is 19.6. The van der Waals surface area contributed by atoms with Gasteiger partial charge in [-0.05, 0) is 43.2 Å². The molecule has 0 aliphatic carbocycles. The maximum atomic E-state index is 14.5. The number of amides is 1. The van der Waals surface area contributed by atoms with E-state index in [0.29, 0.717) is 46.0 Å². The number of carbonyl (C=O) groups excluding carboxylic acids is 2. The molecular formula is C24H23ClFN3O4S. The van der Waals surface area contributed by atoms with E-state index in [1.54, 1.807) is 35.2 Å². The number of H-pyrrole nitrogens is 1. The van der Waals surface area contributed by atoms with Crippen molar-refractivity contribution < 1.29 is 18.4 Å². The van der Waals surface area contributed by atoms with Gasteiger partial charge in [0.2, 0.25) is 5.91 Å². The van der Waals surface area contributed by atoms with Crippen LogP contribution in [0.4, 0.5) is 4.39 Å². The lowest BCUT2D eigenvalue weighted by molar-refractivity contribution is -0.131. The molecule has 1 N–H and O–H groups in total. The van der Waals surface area contributed by atoms with E-state index < -0.39 is 16.9 Å². The van der Waals surface area contributed by atoms with Gasteiger partial charge in [0.05, 0.1) is 11.3 Å². The second-order valence-corrected chi connectivity index (χ2v) is 10.0. The van der Waals surface area contributed by atoms with E-state index in [0.717, 1.165) is 25.9 Å². The Kier molecular flexibility index (Phi) is 6.50. The van der Waals surface area contributed by atoms with E-state index in [2.05, 4.69) is 9.88 Å². The summed E-state index contributed by atoms with van der Waals surface area (Å²) in [6.45, 7) is 2.09. The number of aromatic nitrogens is 1. The first kappa shape index (κ1) is 23.1. The van der Waals surface area contributed by atoms with Crippen LogP contribution >= 0.6 is 23.4 Å². The van der Waals surface area contributed by atoms with Gasteiger partial charge in [0.1, 0.15) is 11.2 Å². The van der Waals surface area contributed by atoms with Gasteiger partial charge in [0.25, 0.3) is 0 Å². The molecule has 2 saturated heterocycles. The number of fused-ring (bicyclic) bond motifs is 1. The van der Waals surface area contributed by atoms with Gasteiger partial charge in [-0.25, -0.2) is 9.18 Å². The van der Waals surface area contributed by atoms with Crippen molar-refractivity contribution in [2.45, 2.75) is 30.7 Å². The van der Waals surface area contributed by atoms with Crippen LogP contribution in [0.25, 0.3) is 11.1 Å². The van der Waals surface area contributed by atoms with E-state index in [1.807, 2.05) is 0 Å². The van der Waals surface area contributed by atoms with Gasteiger partial charge in [0.15, 0.2) is 11.4 Å². The van der Waals surface area contributed by atoms with Crippen molar-refractivity contribution in [3.8, 4) is 0 Å². The first-order chi connectivity index (χ1) is 16.4. The second kappa shape index (κ2) is 9.56. The highest BCUT2D eigenvalue weighted by atomic mass is 35.5. The Hall–Kier alpha value is -2.62. The molecule has 1 amide bonds. The Morgan fingerprint density at radius 2 is 2.00 bits per heavy atom. The van der Waals surface area contributed by atoms with Crippen LogP contribution in [-0.4, -0.2) is 57.9 Å². The summed E-state index contributed by atoms with van der Waals surface area (Å²) in [6, 6.07) is 9.56. The van der Waals surface area contributed by atoms with Gasteiger partial charge in [-0.1, -0.05) is 17.7 Å². The number of thioether (sulfide) groups is 1. The fraction of sp³-hybridized carbons (Fsp3) is 0.375. The molecule has 178 valence electrons. The first-order valence-electron chi connectivity index (χ1n) is 11.2. The fourth-order valence-electron chi connectivity index (χ4n) is 4.74. The summed E-state index contributed by atoms with van der Waals surface area (Å²) in [5.41, 5.74) is 1.82. The number of halogens is 2. The molecule has 7 nitrogen and oxygen atoms in total. The number of benzene rings is 2. The summed E-state index contributed by atoms with van der Waals surface area (Å²) in [4.78, 5) is 43.2. The molecule has 0 bridgehead atoms. The lowest BCUT2D eigenvalue weighted by Crippen LogP contribution is -2.46. The molecular weight excluding hydrogens is 481 g/mol. The smallest absolute Gasteiger partial charge is 0.408 e. The molecule has 5 rings (SSSR count). The zero-order valence-corrected chi connectivity index (χ0v) is 19.8. The average Bonchev–Trinajstić information content (AvgIpc) is 3.38. The summed E-state index contributed by atoms with van der Waals surface area (Å²) >= 11 is 7.70. The van der Waals surface area contributed by atoms with E-state index in [-0.39, 0.29) is 17.7 Å².